The van der Waals surface area contributed by atoms with Crippen molar-refractivity contribution in [2.24, 2.45) is 13.0 Å². The Balaban J connectivity index is 1.85. The Hall–Kier alpha value is -1.83. The fraction of sp³-hybridized carbons (Fsp3) is 0.421. The average Bonchev–Trinajstić information content (AvgIpc) is 3.01. The van der Waals surface area contributed by atoms with Gasteiger partial charge in [-0.05, 0) is 49.4 Å². The number of benzene rings is 1. The molecule has 0 bridgehead atoms. The van der Waals surface area contributed by atoms with Crippen molar-refractivity contribution in [2.45, 2.75) is 31.6 Å². The van der Waals surface area contributed by atoms with E-state index in [2.05, 4.69) is 12.2 Å². The molecule has 27 heavy (non-hydrogen) atoms. The van der Waals surface area contributed by atoms with E-state index in [-0.39, 0.29) is 16.5 Å². The van der Waals surface area contributed by atoms with Crippen molar-refractivity contribution in [3.63, 3.8) is 0 Å². The molecule has 0 radical (unpaired) electrons. The zero-order valence-corrected chi connectivity index (χ0v) is 17.3. The number of carbonyl (C=O) groups is 1. The van der Waals surface area contributed by atoms with Crippen molar-refractivity contribution in [1.29, 1.82) is 0 Å². The number of sulfonamides is 1. The SMILES string of the molecule is Cc1c(Cl)cccc1NC(=O)c1cc(S(=O)(=O)N2CCC[C@@H](C)C2)cn1C. The summed E-state index contributed by atoms with van der Waals surface area (Å²) < 4.78 is 28.9. The number of rotatable bonds is 4. The number of amides is 1. The lowest BCUT2D eigenvalue weighted by molar-refractivity contribution is 0.101. The van der Waals surface area contributed by atoms with Gasteiger partial charge in [0.1, 0.15) is 10.6 Å². The van der Waals surface area contributed by atoms with E-state index in [9.17, 15) is 13.2 Å². The minimum atomic E-state index is -3.61. The molecule has 3 rings (SSSR count). The third-order valence-electron chi connectivity index (χ3n) is 4.99. The molecule has 1 aliphatic heterocycles. The fourth-order valence-electron chi connectivity index (χ4n) is 3.34. The Bertz CT molecular complexity index is 969. The summed E-state index contributed by atoms with van der Waals surface area (Å²) in [6.07, 6.45) is 3.39. The van der Waals surface area contributed by atoms with Crippen LogP contribution in [0.25, 0.3) is 0 Å². The molecule has 1 aromatic heterocycles. The largest absolute Gasteiger partial charge is 0.345 e. The minimum Gasteiger partial charge on any atom is -0.345 e. The first-order chi connectivity index (χ1) is 12.7. The van der Waals surface area contributed by atoms with Crippen LogP contribution in [0.1, 0.15) is 35.8 Å². The van der Waals surface area contributed by atoms with E-state index in [1.165, 1.54) is 21.1 Å². The van der Waals surface area contributed by atoms with Crippen LogP contribution in [0.15, 0.2) is 35.4 Å². The maximum atomic E-state index is 12.9. The number of nitrogens with zero attached hydrogens (tertiary/aromatic N) is 2. The Morgan fingerprint density at radius 1 is 1.33 bits per heavy atom. The number of carbonyl (C=O) groups excluding carboxylic acids is 1. The zero-order valence-electron chi connectivity index (χ0n) is 15.7. The second-order valence-corrected chi connectivity index (χ2v) is 9.49. The molecule has 146 valence electrons. The van der Waals surface area contributed by atoms with E-state index in [1.54, 1.807) is 25.2 Å². The Labute approximate surface area is 165 Å². The van der Waals surface area contributed by atoms with Gasteiger partial charge in [0.05, 0.1) is 0 Å². The van der Waals surface area contributed by atoms with Crippen molar-refractivity contribution in [3.05, 3.63) is 46.7 Å². The molecule has 1 saturated heterocycles. The van der Waals surface area contributed by atoms with Crippen LogP contribution in [0.2, 0.25) is 5.02 Å². The van der Waals surface area contributed by atoms with E-state index in [0.717, 1.165) is 18.4 Å². The molecular weight excluding hydrogens is 386 g/mol. The summed E-state index contributed by atoms with van der Waals surface area (Å²) in [5.41, 5.74) is 1.64. The minimum absolute atomic E-state index is 0.145. The number of hydrogen-bond acceptors (Lipinski definition) is 3. The van der Waals surface area contributed by atoms with Gasteiger partial charge in [-0.25, -0.2) is 8.42 Å². The molecule has 6 nitrogen and oxygen atoms in total. The van der Waals surface area contributed by atoms with Crippen LogP contribution in [0.5, 0.6) is 0 Å². The lowest BCUT2D eigenvalue weighted by atomic mass is 10.0. The molecule has 0 unspecified atom stereocenters. The van der Waals surface area contributed by atoms with Gasteiger partial charge in [-0.3, -0.25) is 4.79 Å². The first-order valence-corrected chi connectivity index (χ1v) is 10.7. The second-order valence-electron chi connectivity index (χ2n) is 7.15. The van der Waals surface area contributed by atoms with Crippen LogP contribution in [-0.2, 0) is 17.1 Å². The molecule has 1 aromatic carbocycles. The molecule has 8 heteroatoms. The van der Waals surface area contributed by atoms with E-state index >= 15 is 0 Å². The highest BCUT2D eigenvalue weighted by atomic mass is 35.5. The van der Waals surface area contributed by atoms with Gasteiger partial charge in [-0.15, -0.1) is 0 Å². The standard InChI is InChI=1S/C19H24ClN3O3S/c1-13-6-5-9-23(11-13)27(25,26)15-10-18(22(3)12-15)19(24)21-17-8-4-7-16(20)14(17)2/h4,7-8,10,12-13H,5-6,9,11H2,1-3H3,(H,21,24)/t13-/m1/s1. The third kappa shape index (κ3) is 4.05. The highest BCUT2D eigenvalue weighted by Gasteiger charge is 2.30. The van der Waals surface area contributed by atoms with E-state index < -0.39 is 10.0 Å². The van der Waals surface area contributed by atoms with E-state index in [0.29, 0.717) is 29.7 Å². The third-order valence-corrected chi connectivity index (χ3v) is 7.23. The maximum Gasteiger partial charge on any atom is 0.272 e. The molecule has 0 saturated carbocycles. The molecule has 1 atom stereocenters. The lowest BCUT2D eigenvalue weighted by Crippen LogP contribution is -2.38. The van der Waals surface area contributed by atoms with Gasteiger partial charge >= 0.3 is 0 Å². The van der Waals surface area contributed by atoms with Crippen LogP contribution in [0, 0.1) is 12.8 Å². The predicted octanol–water partition coefficient (Wildman–Crippen LogP) is 3.66. The number of nitrogens with one attached hydrogen (secondary N) is 1. The van der Waals surface area contributed by atoms with Crippen LogP contribution in [0.3, 0.4) is 0 Å². The van der Waals surface area contributed by atoms with Crippen molar-refractivity contribution in [2.75, 3.05) is 18.4 Å². The zero-order chi connectivity index (χ0) is 19.8. The number of aryl methyl sites for hydroxylation is 1. The number of hydrogen-bond donors (Lipinski definition) is 1. The summed E-state index contributed by atoms with van der Waals surface area (Å²) in [6, 6.07) is 6.70. The summed E-state index contributed by atoms with van der Waals surface area (Å²) in [5, 5.41) is 3.36. The molecule has 1 aliphatic rings. The normalized spacial score (nSPS) is 18.4. The summed E-state index contributed by atoms with van der Waals surface area (Å²) in [6.45, 7) is 4.90. The number of piperidine rings is 1. The Morgan fingerprint density at radius 2 is 2.07 bits per heavy atom. The van der Waals surface area contributed by atoms with Crippen LogP contribution in [0.4, 0.5) is 5.69 Å². The quantitative estimate of drug-likeness (QED) is 0.837. The molecule has 1 N–H and O–H groups in total. The summed E-state index contributed by atoms with van der Waals surface area (Å²) in [5.74, 6) is -0.0397. The second kappa shape index (κ2) is 7.66. The van der Waals surface area contributed by atoms with E-state index in [1.807, 2.05) is 6.92 Å². The maximum absolute atomic E-state index is 12.9. The Kier molecular flexibility index (Phi) is 5.65. The van der Waals surface area contributed by atoms with Crippen LogP contribution >= 0.6 is 11.6 Å². The van der Waals surface area contributed by atoms with Crippen molar-refractivity contribution in [1.82, 2.24) is 8.87 Å². The number of anilines is 1. The van der Waals surface area contributed by atoms with Gasteiger partial charge < -0.3 is 9.88 Å². The summed E-state index contributed by atoms with van der Waals surface area (Å²) >= 11 is 6.09. The molecule has 2 aromatic rings. The van der Waals surface area contributed by atoms with Crippen molar-refractivity contribution >= 4 is 33.2 Å². The van der Waals surface area contributed by atoms with Gasteiger partial charge in [0, 0.05) is 37.0 Å². The summed E-state index contributed by atoms with van der Waals surface area (Å²) in [7, 11) is -1.94. The van der Waals surface area contributed by atoms with E-state index in [4.69, 9.17) is 11.6 Å². The molecule has 1 amide bonds. The van der Waals surface area contributed by atoms with Gasteiger partial charge in [-0.1, -0.05) is 24.6 Å². The molecule has 0 aliphatic carbocycles. The topological polar surface area (TPSA) is 71.4 Å². The monoisotopic (exact) mass is 409 g/mol. The van der Waals surface area contributed by atoms with Gasteiger partial charge in [0.25, 0.3) is 5.91 Å². The summed E-state index contributed by atoms with van der Waals surface area (Å²) in [4.78, 5) is 12.8. The first-order valence-electron chi connectivity index (χ1n) is 8.93. The van der Waals surface area contributed by atoms with Crippen LogP contribution in [-0.4, -0.2) is 36.3 Å². The predicted molar refractivity (Wildman–Crippen MR) is 107 cm³/mol. The molecule has 0 spiro atoms. The highest BCUT2D eigenvalue weighted by molar-refractivity contribution is 7.89. The van der Waals surface area contributed by atoms with Gasteiger partial charge in [0.2, 0.25) is 10.0 Å². The number of halogens is 1. The van der Waals surface area contributed by atoms with Gasteiger partial charge in [0.15, 0.2) is 0 Å². The fourth-order valence-corrected chi connectivity index (χ4v) is 5.19. The van der Waals surface area contributed by atoms with Crippen molar-refractivity contribution in [3.8, 4) is 0 Å². The highest BCUT2D eigenvalue weighted by Crippen LogP contribution is 2.26. The smallest absolute Gasteiger partial charge is 0.272 e. The number of aromatic nitrogens is 1. The molecular formula is C19H24ClN3O3S. The molecule has 1 fully saturated rings. The van der Waals surface area contributed by atoms with Crippen molar-refractivity contribution < 1.29 is 13.2 Å². The lowest BCUT2D eigenvalue weighted by Gasteiger charge is -2.29. The Morgan fingerprint density at radius 3 is 2.78 bits per heavy atom. The van der Waals surface area contributed by atoms with Gasteiger partial charge in [-0.2, -0.15) is 4.31 Å². The van der Waals surface area contributed by atoms with Crippen LogP contribution < -0.4 is 5.32 Å². The average molecular weight is 410 g/mol. The first kappa shape index (κ1) is 19.9. The molecule has 2 heterocycles.